The van der Waals surface area contributed by atoms with E-state index in [4.69, 9.17) is 10.5 Å². The van der Waals surface area contributed by atoms with E-state index in [9.17, 15) is 8.42 Å². The normalized spacial score (nSPS) is 10.4. The van der Waals surface area contributed by atoms with Gasteiger partial charge in [0.2, 0.25) is 5.88 Å². The average molecular weight is 388 g/mol. The number of hydrogen-bond donors (Lipinski definition) is 2. The minimum atomic E-state index is -3.70. The second kappa shape index (κ2) is 6.71. The second-order valence-electron chi connectivity index (χ2n) is 3.64. The van der Waals surface area contributed by atoms with Gasteiger partial charge in [0.15, 0.2) is 5.82 Å². The summed E-state index contributed by atoms with van der Waals surface area (Å²) in [7, 11) is -2.25. The van der Waals surface area contributed by atoms with Crippen LogP contribution in [0, 0.1) is 0 Å². The molecule has 0 aliphatic rings. The number of aromatic nitrogens is 2. The van der Waals surface area contributed by atoms with Crippen molar-refractivity contribution in [3.8, 4) is 5.88 Å². The van der Waals surface area contributed by atoms with Gasteiger partial charge in [0.05, 0.1) is 12.0 Å². The largest absolute Gasteiger partial charge is 0.480 e. The molecule has 2 aromatic rings. The summed E-state index contributed by atoms with van der Waals surface area (Å²) in [4.78, 5) is 0.0966. The van der Waals surface area contributed by atoms with Gasteiger partial charge < -0.3 is 10.5 Å². The zero-order valence-corrected chi connectivity index (χ0v) is 12.7. The van der Waals surface area contributed by atoms with E-state index < -0.39 is 10.0 Å². The van der Waals surface area contributed by atoms with Gasteiger partial charge in [-0.15, -0.1) is 10.2 Å². The van der Waals surface area contributed by atoms with Crippen LogP contribution >= 0.6 is 0 Å². The van der Waals surface area contributed by atoms with Crippen LogP contribution in [0.5, 0.6) is 5.88 Å². The zero-order valence-electron chi connectivity index (χ0n) is 10.4. The molecule has 1 heterocycles. The average Bonchev–Trinajstić information content (AvgIpc) is 2.40. The van der Waals surface area contributed by atoms with E-state index in [1.54, 1.807) is 0 Å². The third-order valence-corrected chi connectivity index (χ3v) is 3.65. The van der Waals surface area contributed by atoms with Crippen LogP contribution < -0.4 is 15.2 Å². The van der Waals surface area contributed by atoms with Crippen LogP contribution in [0.25, 0.3) is 0 Å². The molecule has 0 fully saturated rings. The van der Waals surface area contributed by atoms with Crippen LogP contribution in [0.15, 0.2) is 41.3 Å². The fourth-order valence-electron chi connectivity index (χ4n) is 1.33. The molecule has 0 saturated carbocycles. The number of nitrogens with one attached hydrogen (secondary N) is 1. The van der Waals surface area contributed by atoms with Gasteiger partial charge in [-0.2, -0.15) is 0 Å². The van der Waals surface area contributed by atoms with Gasteiger partial charge in [-0.1, -0.05) is 0 Å². The quantitative estimate of drug-likeness (QED) is 0.595. The number of anilines is 2. The molecule has 1 aromatic carbocycles. The molecule has 1 aromatic heterocycles. The van der Waals surface area contributed by atoms with E-state index >= 15 is 0 Å². The predicted molar refractivity (Wildman–Crippen MR) is 70.2 cm³/mol. The van der Waals surface area contributed by atoms with Crippen LogP contribution in [-0.4, -0.2) is 25.7 Å². The molecule has 0 unspecified atom stereocenters. The first-order valence-corrected chi connectivity index (χ1v) is 6.76. The maximum absolute atomic E-state index is 12.0. The van der Waals surface area contributed by atoms with Gasteiger partial charge in [0.25, 0.3) is 10.0 Å². The Labute approximate surface area is 132 Å². The Morgan fingerprint density at radius 3 is 2.25 bits per heavy atom. The third-order valence-electron chi connectivity index (χ3n) is 2.28. The Balaban J connectivity index is 0.00000200. The summed E-state index contributed by atoms with van der Waals surface area (Å²) >= 11 is 0. The fourth-order valence-corrected chi connectivity index (χ4v) is 2.32. The van der Waals surface area contributed by atoms with E-state index in [1.165, 1.54) is 43.5 Å². The van der Waals surface area contributed by atoms with Crippen LogP contribution in [0.2, 0.25) is 0 Å². The van der Waals surface area contributed by atoms with E-state index in [0.717, 1.165) is 0 Å². The number of benzene rings is 1. The SMILES string of the molecule is COc1ccc(NS(=O)(=O)c2ccc(N)cc2)nn1.[Ag]. The molecular weight excluding hydrogens is 376 g/mol. The van der Waals surface area contributed by atoms with Crippen molar-refractivity contribution >= 4 is 21.5 Å². The Bertz CT molecular complexity index is 659. The Morgan fingerprint density at radius 1 is 1.10 bits per heavy atom. The van der Waals surface area contributed by atoms with Crippen molar-refractivity contribution in [2.24, 2.45) is 0 Å². The first kappa shape index (κ1) is 16.4. The molecule has 111 valence electrons. The molecule has 0 aliphatic heterocycles. The van der Waals surface area contributed by atoms with Crippen LogP contribution in [-0.2, 0) is 32.4 Å². The van der Waals surface area contributed by atoms with Crippen LogP contribution in [0.4, 0.5) is 11.5 Å². The van der Waals surface area contributed by atoms with Gasteiger partial charge in [0.1, 0.15) is 0 Å². The first-order valence-electron chi connectivity index (χ1n) is 5.27. The van der Waals surface area contributed by atoms with Crippen molar-refractivity contribution in [3.63, 3.8) is 0 Å². The van der Waals surface area contributed by atoms with Crippen molar-refractivity contribution in [2.45, 2.75) is 4.90 Å². The number of methoxy groups -OCH3 is 1. The smallest absolute Gasteiger partial charge is 0.263 e. The van der Waals surface area contributed by atoms with Crippen molar-refractivity contribution in [1.82, 2.24) is 10.2 Å². The maximum Gasteiger partial charge on any atom is 0.263 e. The van der Waals surface area contributed by atoms with Crippen molar-refractivity contribution in [2.75, 3.05) is 17.6 Å². The van der Waals surface area contributed by atoms with Gasteiger partial charge in [-0.25, -0.2) is 8.42 Å². The van der Waals surface area contributed by atoms with Crippen LogP contribution in [0.3, 0.4) is 0 Å². The van der Waals surface area contributed by atoms with E-state index in [2.05, 4.69) is 14.9 Å². The molecule has 20 heavy (non-hydrogen) atoms. The summed E-state index contributed by atoms with van der Waals surface area (Å²) in [6.07, 6.45) is 0. The fraction of sp³-hybridized carbons (Fsp3) is 0.0909. The first-order chi connectivity index (χ1) is 9.01. The summed E-state index contributed by atoms with van der Waals surface area (Å²) in [5.41, 5.74) is 5.99. The molecule has 0 saturated heterocycles. The second-order valence-corrected chi connectivity index (χ2v) is 5.32. The van der Waals surface area contributed by atoms with Gasteiger partial charge in [-0.05, 0) is 30.3 Å². The monoisotopic (exact) mass is 387 g/mol. The van der Waals surface area contributed by atoms with Crippen molar-refractivity contribution < 1.29 is 35.5 Å². The molecule has 0 aliphatic carbocycles. The molecule has 3 N–H and O–H groups in total. The number of rotatable bonds is 4. The third kappa shape index (κ3) is 3.94. The van der Waals surface area contributed by atoms with Gasteiger partial charge in [-0.3, -0.25) is 4.72 Å². The molecular formula is C11H12AgN4O3S. The van der Waals surface area contributed by atoms with Crippen LogP contribution in [0.1, 0.15) is 0 Å². The Hall–Kier alpha value is -1.61. The minimum Gasteiger partial charge on any atom is -0.480 e. The van der Waals surface area contributed by atoms with Gasteiger partial charge >= 0.3 is 0 Å². The summed E-state index contributed by atoms with van der Waals surface area (Å²) in [6, 6.07) is 8.81. The van der Waals surface area contributed by atoms with Crippen molar-refractivity contribution in [3.05, 3.63) is 36.4 Å². The number of nitrogens with zero attached hydrogens (tertiary/aromatic N) is 2. The number of sulfonamides is 1. The molecule has 1 radical (unpaired) electrons. The Morgan fingerprint density at radius 2 is 1.75 bits per heavy atom. The van der Waals surface area contributed by atoms with Crippen molar-refractivity contribution in [1.29, 1.82) is 0 Å². The minimum absolute atomic E-state index is 0. The molecule has 0 bridgehead atoms. The number of hydrogen-bond acceptors (Lipinski definition) is 6. The molecule has 2 rings (SSSR count). The van der Waals surface area contributed by atoms with E-state index in [1.807, 2.05) is 0 Å². The molecule has 7 nitrogen and oxygen atoms in total. The number of ether oxygens (including phenoxy) is 1. The molecule has 0 spiro atoms. The summed E-state index contributed by atoms with van der Waals surface area (Å²) in [5.74, 6) is 0.410. The summed E-state index contributed by atoms with van der Waals surface area (Å²) < 4.78 is 31.2. The van der Waals surface area contributed by atoms with E-state index in [0.29, 0.717) is 11.6 Å². The predicted octanol–water partition coefficient (Wildman–Crippen LogP) is 0.866. The maximum atomic E-state index is 12.0. The van der Waals surface area contributed by atoms with Gasteiger partial charge in [0, 0.05) is 34.1 Å². The standard InChI is InChI=1S/C11H12N4O3S.Ag/c1-18-11-7-6-10(13-14-11)15-19(16,17)9-4-2-8(12)3-5-9;/h2-7H,12H2,1H3,(H,13,15);. The molecule has 9 heteroatoms. The van der Waals surface area contributed by atoms with E-state index in [-0.39, 0.29) is 33.1 Å². The number of nitrogen functional groups attached to an aromatic ring is 1. The number of nitrogens with two attached hydrogens (primary N) is 1. The summed E-state index contributed by atoms with van der Waals surface area (Å²) in [6.45, 7) is 0. The molecule has 0 atom stereocenters. The topological polar surface area (TPSA) is 107 Å². The molecule has 0 amide bonds. The Kier molecular flexibility index (Phi) is 5.52. The summed E-state index contributed by atoms with van der Waals surface area (Å²) in [5, 5.41) is 7.36. The zero-order chi connectivity index (χ0) is 13.9.